The lowest BCUT2D eigenvalue weighted by Gasteiger charge is -2.19. The van der Waals surface area contributed by atoms with Crippen LogP contribution in [0.2, 0.25) is 0 Å². The van der Waals surface area contributed by atoms with Gasteiger partial charge in [-0.05, 0) is 12.3 Å². The topological polar surface area (TPSA) is 26.3 Å². The Hall–Kier alpha value is -0.370. The van der Waals surface area contributed by atoms with Gasteiger partial charge in [0.1, 0.15) is 6.61 Å². The van der Waals surface area contributed by atoms with E-state index in [1.807, 2.05) is 0 Å². The third-order valence-corrected chi connectivity index (χ3v) is 2.50. The molecule has 0 radical (unpaired) electrons. The van der Waals surface area contributed by atoms with E-state index in [1.165, 1.54) is 0 Å². The molecule has 1 fully saturated rings. The molecule has 2 atom stereocenters. The number of Topliss-reactive ketones (excluding diaryl/α,β-unsaturated/α-hetero) is 1. The van der Waals surface area contributed by atoms with Crippen LogP contribution in [0.15, 0.2) is 0 Å². The molecule has 0 N–H and O–H groups in total. The molecule has 1 heterocycles. The summed E-state index contributed by atoms with van der Waals surface area (Å²) in [4.78, 5) is 11.4. The summed E-state index contributed by atoms with van der Waals surface area (Å²) < 4.78 is 5.43. The van der Waals surface area contributed by atoms with Crippen molar-refractivity contribution in [3.63, 3.8) is 0 Å². The minimum Gasteiger partial charge on any atom is -0.370 e. The van der Waals surface area contributed by atoms with Crippen molar-refractivity contribution in [1.82, 2.24) is 0 Å². The molecule has 0 aromatic rings. The second-order valence-electron chi connectivity index (χ2n) is 3.87. The lowest BCUT2D eigenvalue weighted by molar-refractivity contribution is -0.121. The van der Waals surface area contributed by atoms with Gasteiger partial charge in [0.2, 0.25) is 0 Å². The van der Waals surface area contributed by atoms with E-state index >= 15 is 0 Å². The minimum absolute atomic E-state index is 0.157. The Morgan fingerprint density at radius 1 is 1.58 bits per heavy atom. The highest BCUT2D eigenvalue weighted by molar-refractivity contribution is 5.84. The summed E-state index contributed by atoms with van der Waals surface area (Å²) in [5.41, 5.74) is 0. The molecule has 1 rings (SSSR count). The molecule has 0 aromatic heterocycles. The molecule has 0 saturated carbocycles. The third-order valence-electron chi connectivity index (χ3n) is 2.50. The van der Waals surface area contributed by atoms with Crippen molar-refractivity contribution >= 4 is 5.78 Å². The fourth-order valence-electron chi connectivity index (χ4n) is 1.94. The van der Waals surface area contributed by atoms with Gasteiger partial charge in [-0.15, -0.1) is 0 Å². The van der Waals surface area contributed by atoms with E-state index < -0.39 is 0 Å². The van der Waals surface area contributed by atoms with E-state index in [2.05, 4.69) is 20.8 Å². The molecule has 1 aliphatic rings. The number of carbonyl (C=O) groups excluding carboxylic acids is 1. The van der Waals surface area contributed by atoms with Gasteiger partial charge in [0.25, 0.3) is 0 Å². The molecule has 2 unspecified atom stereocenters. The van der Waals surface area contributed by atoms with Gasteiger partial charge in [-0.1, -0.05) is 27.2 Å². The Morgan fingerprint density at radius 3 is 2.75 bits per heavy atom. The van der Waals surface area contributed by atoms with E-state index in [-0.39, 0.29) is 12.0 Å². The molecule has 2 nitrogen and oxygen atoms in total. The molecule has 1 saturated heterocycles. The van der Waals surface area contributed by atoms with Gasteiger partial charge in [-0.2, -0.15) is 0 Å². The summed E-state index contributed by atoms with van der Waals surface area (Å²) in [5, 5.41) is 0. The number of carbonyl (C=O) groups is 1. The van der Waals surface area contributed by atoms with Gasteiger partial charge >= 0.3 is 0 Å². The van der Waals surface area contributed by atoms with Crippen LogP contribution < -0.4 is 0 Å². The van der Waals surface area contributed by atoms with Crippen LogP contribution in [0.5, 0.6) is 0 Å². The Labute approximate surface area is 74.3 Å². The van der Waals surface area contributed by atoms with Gasteiger partial charge in [-0.3, -0.25) is 4.79 Å². The first-order valence-corrected chi connectivity index (χ1v) is 4.81. The van der Waals surface area contributed by atoms with Crippen molar-refractivity contribution in [1.29, 1.82) is 0 Å². The van der Waals surface area contributed by atoms with Crippen LogP contribution in [0, 0.1) is 11.8 Å². The van der Waals surface area contributed by atoms with Crippen molar-refractivity contribution < 1.29 is 9.53 Å². The summed E-state index contributed by atoms with van der Waals surface area (Å²) in [7, 11) is 0. The number of hydrogen-bond donors (Lipinski definition) is 0. The molecule has 2 heteroatoms. The molecule has 12 heavy (non-hydrogen) atoms. The van der Waals surface area contributed by atoms with Crippen LogP contribution >= 0.6 is 0 Å². The molecule has 0 amide bonds. The fraction of sp³-hybridized carbons (Fsp3) is 0.900. The van der Waals surface area contributed by atoms with Crippen molar-refractivity contribution in [2.75, 3.05) is 6.61 Å². The molecule has 0 spiro atoms. The van der Waals surface area contributed by atoms with Crippen molar-refractivity contribution in [3.05, 3.63) is 0 Å². The van der Waals surface area contributed by atoms with E-state index in [9.17, 15) is 4.79 Å². The quantitative estimate of drug-likeness (QED) is 0.647. The largest absolute Gasteiger partial charge is 0.370 e. The van der Waals surface area contributed by atoms with Crippen LogP contribution in [0.25, 0.3) is 0 Å². The summed E-state index contributed by atoms with van der Waals surface area (Å²) in [6, 6.07) is 0. The highest BCUT2D eigenvalue weighted by atomic mass is 16.5. The maximum absolute atomic E-state index is 11.4. The SMILES string of the molecule is CCCC1OCC(=O)C1C(C)C. The maximum atomic E-state index is 11.4. The van der Waals surface area contributed by atoms with Gasteiger partial charge in [0.15, 0.2) is 5.78 Å². The highest BCUT2D eigenvalue weighted by Gasteiger charge is 2.36. The monoisotopic (exact) mass is 170 g/mol. The molecule has 1 aliphatic heterocycles. The molecular weight excluding hydrogens is 152 g/mol. The Morgan fingerprint density at radius 2 is 2.25 bits per heavy atom. The lowest BCUT2D eigenvalue weighted by atomic mass is 9.87. The second kappa shape index (κ2) is 4.04. The molecule has 0 bridgehead atoms. The third kappa shape index (κ3) is 1.86. The van der Waals surface area contributed by atoms with Crippen molar-refractivity contribution in [2.24, 2.45) is 11.8 Å². The van der Waals surface area contributed by atoms with E-state index in [1.54, 1.807) is 0 Å². The zero-order chi connectivity index (χ0) is 9.14. The first kappa shape index (κ1) is 9.72. The second-order valence-corrected chi connectivity index (χ2v) is 3.87. The number of rotatable bonds is 3. The van der Waals surface area contributed by atoms with Gasteiger partial charge < -0.3 is 4.74 Å². The smallest absolute Gasteiger partial charge is 0.164 e. The van der Waals surface area contributed by atoms with Gasteiger partial charge in [0.05, 0.1) is 6.10 Å². The van der Waals surface area contributed by atoms with E-state index in [0.717, 1.165) is 12.8 Å². The number of ketones is 1. The van der Waals surface area contributed by atoms with Gasteiger partial charge in [0, 0.05) is 5.92 Å². The maximum Gasteiger partial charge on any atom is 0.164 e. The van der Waals surface area contributed by atoms with Gasteiger partial charge in [-0.25, -0.2) is 0 Å². The van der Waals surface area contributed by atoms with Crippen LogP contribution in [0.1, 0.15) is 33.6 Å². The van der Waals surface area contributed by atoms with E-state index in [0.29, 0.717) is 18.3 Å². The zero-order valence-corrected chi connectivity index (χ0v) is 8.17. The van der Waals surface area contributed by atoms with Crippen LogP contribution in [-0.2, 0) is 9.53 Å². The Balaban J connectivity index is 2.57. The van der Waals surface area contributed by atoms with Crippen molar-refractivity contribution in [3.8, 4) is 0 Å². The van der Waals surface area contributed by atoms with Crippen LogP contribution in [0.4, 0.5) is 0 Å². The first-order valence-electron chi connectivity index (χ1n) is 4.81. The summed E-state index contributed by atoms with van der Waals surface area (Å²) in [5.74, 6) is 0.880. The average Bonchev–Trinajstić information content (AvgIpc) is 2.32. The normalized spacial score (nSPS) is 30.2. The first-order chi connectivity index (χ1) is 5.66. The molecular formula is C10H18O2. The number of ether oxygens (including phenoxy) is 1. The van der Waals surface area contributed by atoms with Crippen LogP contribution in [-0.4, -0.2) is 18.5 Å². The molecule has 0 aliphatic carbocycles. The highest BCUT2D eigenvalue weighted by Crippen LogP contribution is 2.27. The van der Waals surface area contributed by atoms with Crippen LogP contribution in [0.3, 0.4) is 0 Å². The average molecular weight is 170 g/mol. The standard InChI is InChI=1S/C10H18O2/c1-4-5-9-10(7(2)3)8(11)6-12-9/h7,9-10H,4-6H2,1-3H3. The molecule has 0 aromatic carbocycles. The summed E-state index contributed by atoms with van der Waals surface area (Å²) in [6.45, 7) is 6.66. The molecule has 70 valence electrons. The minimum atomic E-state index is 0.157. The number of hydrogen-bond acceptors (Lipinski definition) is 2. The summed E-state index contributed by atoms with van der Waals surface area (Å²) in [6.07, 6.45) is 2.32. The predicted molar refractivity (Wildman–Crippen MR) is 48.0 cm³/mol. The zero-order valence-electron chi connectivity index (χ0n) is 8.17. The Kier molecular flexibility index (Phi) is 3.27. The predicted octanol–water partition coefficient (Wildman–Crippen LogP) is 2.03. The Bertz CT molecular complexity index is 163. The van der Waals surface area contributed by atoms with E-state index in [4.69, 9.17) is 4.74 Å². The van der Waals surface area contributed by atoms with Crippen molar-refractivity contribution in [2.45, 2.75) is 39.7 Å². The fourth-order valence-corrected chi connectivity index (χ4v) is 1.94. The lowest BCUT2D eigenvalue weighted by Crippen LogP contribution is -2.25. The summed E-state index contributed by atoms with van der Waals surface area (Å²) >= 11 is 0.